The summed E-state index contributed by atoms with van der Waals surface area (Å²) in [5.74, 6) is 0.854. The molecular formula is C14H16ClNOS. The second kappa shape index (κ2) is 5.74. The van der Waals surface area contributed by atoms with E-state index in [0.717, 1.165) is 15.0 Å². The number of hydrogen-bond donors (Lipinski definition) is 1. The SMILES string of the molecule is Cc1cc(C)cc(OC(CN)c2ccc(Cl)s2)c1. The predicted molar refractivity (Wildman–Crippen MR) is 77.7 cm³/mol. The Morgan fingerprint density at radius 3 is 2.39 bits per heavy atom. The van der Waals surface area contributed by atoms with Crippen LogP contribution in [0.3, 0.4) is 0 Å². The molecule has 1 aromatic heterocycles. The van der Waals surface area contributed by atoms with Crippen LogP contribution in [-0.4, -0.2) is 6.54 Å². The van der Waals surface area contributed by atoms with E-state index in [1.165, 1.54) is 22.5 Å². The van der Waals surface area contributed by atoms with Gasteiger partial charge in [0, 0.05) is 11.4 Å². The Balaban J connectivity index is 2.20. The second-order valence-corrected chi connectivity index (χ2v) is 6.05. The van der Waals surface area contributed by atoms with Gasteiger partial charge in [0.25, 0.3) is 0 Å². The summed E-state index contributed by atoms with van der Waals surface area (Å²) in [4.78, 5) is 1.06. The van der Waals surface area contributed by atoms with Crippen LogP contribution in [0.15, 0.2) is 30.3 Å². The van der Waals surface area contributed by atoms with E-state index in [4.69, 9.17) is 22.1 Å². The molecule has 0 saturated heterocycles. The molecule has 0 radical (unpaired) electrons. The topological polar surface area (TPSA) is 35.2 Å². The van der Waals surface area contributed by atoms with E-state index < -0.39 is 0 Å². The summed E-state index contributed by atoms with van der Waals surface area (Å²) >= 11 is 7.45. The molecular weight excluding hydrogens is 266 g/mol. The molecule has 2 aromatic rings. The van der Waals surface area contributed by atoms with Gasteiger partial charge >= 0.3 is 0 Å². The lowest BCUT2D eigenvalue weighted by Gasteiger charge is -2.16. The summed E-state index contributed by atoms with van der Waals surface area (Å²) in [6.45, 7) is 4.54. The molecule has 0 aliphatic heterocycles. The summed E-state index contributed by atoms with van der Waals surface area (Å²) in [6.07, 6.45) is -0.135. The number of benzene rings is 1. The van der Waals surface area contributed by atoms with Crippen molar-refractivity contribution in [3.8, 4) is 5.75 Å². The molecule has 0 bridgehead atoms. The maximum absolute atomic E-state index is 5.95. The van der Waals surface area contributed by atoms with Gasteiger partial charge in [-0.2, -0.15) is 0 Å². The third-order valence-corrected chi connectivity index (χ3v) is 3.92. The van der Waals surface area contributed by atoms with E-state index in [1.807, 2.05) is 24.3 Å². The highest BCUT2D eigenvalue weighted by Gasteiger charge is 2.14. The van der Waals surface area contributed by atoms with Gasteiger partial charge < -0.3 is 10.5 Å². The number of aryl methyl sites for hydroxylation is 2. The first-order valence-electron chi connectivity index (χ1n) is 5.78. The largest absolute Gasteiger partial charge is 0.484 e. The minimum atomic E-state index is -0.135. The summed E-state index contributed by atoms with van der Waals surface area (Å²) in [7, 11) is 0. The number of nitrogens with two attached hydrogens (primary N) is 1. The smallest absolute Gasteiger partial charge is 0.145 e. The van der Waals surface area contributed by atoms with Crippen LogP contribution >= 0.6 is 22.9 Å². The van der Waals surface area contributed by atoms with E-state index in [1.54, 1.807) is 0 Å². The van der Waals surface area contributed by atoms with E-state index >= 15 is 0 Å². The van der Waals surface area contributed by atoms with Gasteiger partial charge in [-0.1, -0.05) is 17.7 Å². The second-order valence-electron chi connectivity index (χ2n) is 4.31. The fourth-order valence-electron chi connectivity index (χ4n) is 1.89. The maximum atomic E-state index is 5.95. The summed E-state index contributed by atoms with van der Waals surface area (Å²) in [5, 5.41) is 0. The number of halogens is 1. The highest BCUT2D eigenvalue weighted by atomic mass is 35.5. The zero-order valence-electron chi connectivity index (χ0n) is 10.4. The van der Waals surface area contributed by atoms with Crippen LogP contribution < -0.4 is 10.5 Å². The van der Waals surface area contributed by atoms with Crippen molar-refractivity contribution < 1.29 is 4.74 Å². The van der Waals surface area contributed by atoms with Crippen LogP contribution in [0.1, 0.15) is 22.1 Å². The molecule has 2 nitrogen and oxygen atoms in total. The molecule has 1 aromatic carbocycles. The van der Waals surface area contributed by atoms with Crippen molar-refractivity contribution in [2.45, 2.75) is 20.0 Å². The lowest BCUT2D eigenvalue weighted by Crippen LogP contribution is -2.17. The fraction of sp³-hybridized carbons (Fsp3) is 0.286. The Hall–Kier alpha value is -1.03. The van der Waals surface area contributed by atoms with Crippen LogP contribution in [0.25, 0.3) is 0 Å². The summed E-state index contributed by atoms with van der Waals surface area (Å²) in [5.41, 5.74) is 8.15. The molecule has 18 heavy (non-hydrogen) atoms. The molecule has 0 aliphatic rings. The van der Waals surface area contributed by atoms with Crippen molar-refractivity contribution in [1.29, 1.82) is 0 Å². The average Bonchev–Trinajstić information content (AvgIpc) is 2.71. The fourth-order valence-corrected chi connectivity index (χ4v) is 2.99. The predicted octanol–water partition coefficient (Wildman–Crippen LogP) is 4.10. The molecule has 0 amide bonds. The van der Waals surface area contributed by atoms with E-state index in [0.29, 0.717) is 6.54 Å². The third-order valence-electron chi connectivity index (χ3n) is 2.60. The number of rotatable bonds is 4. The number of hydrogen-bond acceptors (Lipinski definition) is 3. The van der Waals surface area contributed by atoms with Gasteiger partial charge in [-0.15, -0.1) is 11.3 Å². The first-order chi connectivity index (χ1) is 8.58. The zero-order valence-corrected chi connectivity index (χ0v) is 12.0. The Bertz CT molecular complexity index is 518. The molecule has 1 atom stereocenters. The number of ether oxygens (including phenoxy) is 1. The van der Waals surface area contributed by atoms with Crippen molar-refractivity contribution in [1.82, 2.24) is 0 Å². The lowest BCUT2D eigenvalue weighted by atomic mass is 10.1. The minimum absolute atomic E-state index is 0.135. The van der Waals surface area contributed by atoms with Crippen molar-refractivity contribution in [3.05, 3.63) is 50.7 Å². The van der Waals surface area contributed by atoms with Crippen molar-refractivity contribution >= 4 is 22.9 Å². The minimum Gasteiger partial charge on any atom is -0.484 e. The maximum Gasteiger partial charge on any atom is 0.145 e. The molecule has 96 valence electrons. The van der Waals surface area contributed by atoms with Gasteiger partial charge in [0.1, 0.15) is 11.9 Å². The Labute approximate surface area is 116 Å². The Morgan fingerprint density at radius 2 is 1.89 bits per heavy atom. The molecule has 4 heteroatoms. The quantitative estimate of drug-likeness (QED) is 0.916. The average molecular weight is 282 g/mol. The monoisotopic (exact) mass is 281 g/mol. The van der Waals surface area contributed by atoms with Crippen LogP contribution in [0, 0.1) is 13.8 Å². The van der Waals surface area contributed by atoms with Gasteiger partial charge in [0.05, 0.1) is 4.34 Å². The molecule has 0 spiro atoms. The summed E-state index contributed by atoms with van der Waals surface area (Å²) < 4.78 is 6.71. The van der Waals surface area contributed by atoms with E-state index in [2.05, 4.69) is 19.9 Å². The zero-order chi connectivity index (χ0) is 13.1. The standard InChI is InChI=1S/C14H16ClNOS/c1-9-5-10(2)7-11(6-9)17-12(8-16)13-3-4-14(15)18-13/h3-7,12H,8,16H2,1-2H3. The van der Waals surface area contributed by atoms with E-state index in [-0.39, 0.29) is 6.10 Å². The first-order valence-corrected chi connectivity index (χ1v) is 6.98. The molecule has 0 saturated carbocycles. The van der Waals surface area contributed by atoms with Gasteiger partial charge in [-0.25, -0.2) is 0 Å². The van der Waals surface area contributed by atoms with Crippen LogP contribution in [0.5, 0.6) is 5.75 Å². The lowest BCUT2D eigenvalue weighted by molar-refractivity contribution is 0.218. The number of thiophene rings is 1. The highest BCUT2D eigenvalue weighted by molar-refractivity contribution is 7.16. The normalized spacial score (nSPS) is 12.4. The molecule has 0 fully saturated rings. The molecule has 1 unspecified atom stereocenters. The van der Waals surface area contributed by atoms with Crippen LogP contribution in [-0.2, 0) is 0 Å². The molecule has 1 heterocycles. The van der Waals surface area contributed by atoms with Gasteiger partial charge in [-0.3, -0.25) is 0 Å². The van der Waals surface area contributed by atoms with Crippen molar-refractivity contribution in [2.75, 3.05) is 6.54 Å². The first kappa shape index (κ1) is 13.4. The van der Waals surface area contributed by atoms with Gasteiger partial charge in [0.2, 0.25) is 0 Å². The molecule has 2 N–H and O–H groups in total. The van der Waals surface area contributed by atoms with Crippen LogP contribution in [0.4, 0.5) is 0 Å². The van der Waals surface area contributed by atoms with E-state index in [9.17, 15) is 0 Å². The van der Waals surface area contributed by atoms with Gasteiger partial charge in [-0.05, 0) is 49.2 Å². The van der Waals surface area contributed by atoms with Gasteiger partial charge in [0.15, 0.2) is 0 Å². The van der Waals surface area contributed by atoms with Crippen LogP contribution in [0.2, 0.25) is 4.34 Å². The Kier molecular flexibility index (Phi) is 4.27. The third kappa shape index (κ3) is 3.25. The van der Waals surface area contributed by atoms with Crippen molar-refractivity contribution in [3.63, 3.8) is 0 Å². The highest BCUT2D eigenvalue weighted by Crippen LogP contribution is 2.30. The molecule has 2 rings (SSSR count). The molecule has 0 aliphatic carbocycles. The Morgan fingerprint density at radius 1 is 1.22 bits per heavy atom. The summed E-state index contributed by atoms with van der Waals surface area (Å²) in [6, 6.07) is 9.99. The van der Waals surface area contributed by atoms with Crippen molar-refractivity contribution in [2.24, 2.45) is 5.73 Å².